The van der Waals surface area contributed by atoms with Gasteiger partial charge in [-0.05, 0) is 51.7 Å². The van der Waals surface area contributed by atoms with Gasteiger partial charge in [-0.25, -0.2) is 4.39 Å². The fourth-order valence-corrected chi connectivity index (χ4v) is 3.09. The third-order valence-corrected chi connectivity index (χ3v) is 4.31. The van der Waals surface area contributed by atoms with Gasteiger partial charge < -0.3 is 15.1 Å². The fraction of sp³-hybridized carbons (Fsp3) is 0.688. The number of rotatable bonds is 5. The predicted molar refractivity (Wildman–Crippen MR) is 83.7 cm³/mol. The zero-order valence-corrected chi connectivity index (χ0v) is 13.3. The molecule has 0 bridgehead atoms. The van der Waals surface area contributed by atoms with Crippen molar-refractivity contribution in [2.24, 2.45) is 5.92 Å². The average Bonchev–Trinajstić information content (AvgIpc) is 2.67. The lowest BCUT2D eigenvalue weighted by Gasteiger charge is -2.29. The number of pyridine rings is 1. The molecule has 2 heterocycles. The van der Waals surface area contributed by atoms with Crippen molar-refractivity contribution in [3.63, 3.8) is 0 Å². The van der Waals surface area contributed by atoms with E-state index < -0.39 is 0 Å². The van der Waals surface area contributed by atoms with Crippen LogP contribution in [0, 0.1) is 11.7 Å². The largest absolute Gasteiger partial charge is 0.311 e. The van der Waals surface area contributed by atoms with Crippen LogP contribution < -0.4 is 5.32 Å². The van der Waals surface area contributed by atoms with E-state index in [2.05, 4.69) is 34.1 Å². The van der Waals surface area contributed by atoms with Gasteiger partial charge in [0.05, 0.1) is 17.9 Å². The van der Waals surface area contributed by atoms with E-state index in [1.807, 2.05) is 7.05 Å². The van der Waals surface area contributed by atoms with Gasteiger partial charge in [0, 0.05) is 19.6 Å². The smallest absolute Gasteiger partial charge is 0.141 e. The van der Waals surface area contributed by atoms with Crippen LogP contribution in [-0.4, -0.2) is 61.6 Å². The molecule has 1 aromatic heterocycles. The maximum atomic E-state index is 13.0. The summed E-state index contributed by atoms with van der Waals surface area (Å²) in [4.78, 5) is 9.15. The van der Waals surface area contributed by atoms with Gasteiger partial charge in [-0.1, -0.05) is 6.92 Å². The van der Waals surface area contributed by atoms with Crippen molar-refractivity contribution in [3.8, 4) is 0 Å². The van der Waals surface area contributed by atoms with Crippen molar-refractivity contribution in [1.29, 1.82) is 0 Å². The van der Waals surface area contributed by atoms with E-state index >= 15 is 0 Å². The van der Waals surface area contributed by atoms with Crippen LogP contribution in [0.5, 0.6) is 0 Å². The third-order valence-electron chi connectivity index (χ3n) is 4.31. The van der Waals surface area contributed by atoms with Gasteiger partial charge in [0.1, 0.15) is 5.82 Å². The zero-order valence-electron chi connectivity index (χ0n) is 13.3. The molecule has 1 N–H and O–H groups in total. The Balaban J connectivity index is 1.96. The van der Waals surface area contributed by atoms with Crippen LogP contribution in [-0.2, 0) is 0 Å². The van der Waals surface area contributed by atoms with Crippen molar-refractivity contribution in [3.05, 3.63) is 29.8 Å². The van der Waals surface area contributed by atoms with Crippen molar-refractivity contribution < 1.29 is 4.39 Å². The molecule has 0 saturated carbocycles. The quantitative estimate of drug-likeness (QED) is 0.896. The lowest BCUT2D eigenvalue weighted by Crippen LogP contribution is -2.37. The molecule has 0 aliphatic carbocycles. The van der Waals surface area contributed by atoms with Gasteiger partial charge in [0.25, 0.3) is 0 Å². The standard InChI is InChI=1S/C16H27FN4/c1-13(12-21-8-4-7-20(3)9-10-21)16(18-2)15-6-5-14(17)11-19-15/h5-6,11,13,16,18H,4,7-10,12H2,1-3H3. The Labute approximate surface area is 127 Å². The number of likely N-dealkylation sites (N-methyl/N-ethyl adjacent to an activating group) is 1. The van der Waals surface area contributed by atoms with E-state index in [9.17, 15) is 4.39 Å². The highest BCUT2D eigenvalue weighted by atomic mass is 19.1. The predicted octanol–water partition coefficient (Wildman–Crippen LogP) is 1.75. The Kier molecular flexibility index (Phi) is 6.08. The first-order valence-corrected chi connectivity index (χ1v) is 7.79. The summed E-state index contributed by atoms with van der Waals surface area (Å²) in [6.45, 7) is 7.86. The first-order chi connectivity index (χ1) is 10.1. The SMILES string of the molecule is CNC(c1ccc(F)cn1)C(C)CN1CCCN(C)CC1. The lowest BCUT2D eigenvalue weighted by atomic mass is 9.97. The summed E-state index contributed by atoms with van der Waals surface area (Å²) in [6, 6.07) is 3.43. The monoisotopic (exact) mass is 294 g/mol. The topological polar surface area (TPSA) is 31.4 Å². The summed E-state index contributed by atoms with van der Waals surface area (Å²) in [6.07, 6.45) is 2.52. The molecular formula is C16H27FN4. The Morgan fingerprint density at radius 3 is 2.76 bits per heavy atom. The zero-order chi connectivity index (χ0) is 15.2. The number of nitrogens with zero attached hydrogens (tertiary/aromatic N) is 3. The van der Waals surface area contributed by atoms with Crippen molar-refractivity contribution in [1.82, 2.24) is 20.1 Å². The minimum absolute atomic E-state index is 0.159. The van der Waals surface area contributed by atoms with Crippen LogP contribution in [0.3, 0.4) is 0 Å². The first-order valence-electron chi connectivity index (χ1n) is 7.79. The molecule has 1 aliphatic heterocycles. The van der Waals surface area contributed by atoms with Gasteiger partial charge in [0.2, 0.25) is 0 Å². The lowest BCUT2D eigenvalue weighted by molar-refractivity contribution is 0.217. The summed E-state index contributed by atoms with van der Waals surface area (Å²) in [5, 5.41) is 3.33. The molecule has 0 radical (unpaired) electrons. The normalized spacial score (nSPS) is 21.0. The highest BCUT2D eigenvalue weighted by Gasteiger charge is 2.22. The molecule has 2 atom stereocenters. The number of hydrogen-bond donors (Lipinski definition) is 1. The Morgan fingerprint density at radius 2 is 2.10 bits per heavy atom. The van der Waals surface area contributed by atoms with E-state index in [0.29, 0.717) is 5.92 Å². The van der Waals surface area contributed by atoms with E-state index in [1.165, 1.54) is 25.2 Å². The highest BCUT2D eigenvalue weighted by molar-refractivity contribution is 5.10. The second-order valence-corrected chi connectivity index (χ2v) is 6.10. The van der Waals surface area contributed by atoms with Crippen LogP contribution in [0.25, 0.3) is 0 Å². The van der Waals surface area contributed by atoms with Crippen LogP contribution in [0.1, 0.15) is 25.1 Å². The van der Waals surface area contributed by atoms with Gasteiger partial charge >= 0.3 is 0 Å². The van der Waals surface area contributed by atoms with Gasteiger partial charge in [-0.15, -0.1) is 0 Å². The summed E-state index contributed by atoms with van der Waals surface area (Å²) in [7, 11) is 4.13. The van der Waals surface area contributed by atoms with E-state index in [4.69, 9.17) is 0 Å². The van der Waals surface area contributed by atoms with E-state index in [0.717, 1.165) is 31.9 Å². The molecule has 0 aromatic carbocycles. The maximum Gasteiger partial charge on any atom is 0.141 e. The van der Waals surface area contributed by atoms with E-state index in [1.54, 1.807) is 6.07 Å². The van der Waals surface area contributed by atoms with Crippen LogP contribution in [0.15, 0.2) is 18.3 Å². The minimum atomic E-state index is -0.281. The molecule has 1 saturated heterocycles. The summed E-state index contributed by atoms with van der Waals surface area (Å²) >= 11 is 0. The molecule has 118 valence electrons. The summed E-state index contributed by atoms with van der Waals surface area (Å²) < 4.78 is 13.0. The van der Waals surface area contributed by atoms with Crippen molar-refractivity contribution in [2.75, 3.05) is 46.8 Å². The van der Waals surface area contributed by atoms with Crippen LogP contribution in [0.4, 0.5) is 4.39 Å². The third kappa shape index (κ3) is 4.73. The first kappa shape index (κ1) is 16.3. The van der Waals surface area contributed by atoms with Gasteiger partial charge in [0.15, 0.2) is 0 Å². The second-order valence-electron chi connectivity index (χ2n) is 6.10. The van der Waals surface area contributed by atoms with Crippen molar-refractivity contribution >= 4 is 0 Å². The number of aromatic nitrogens is 1. The van der Waals surface area contributed by atoms with Gasteiger partial charge in [-0.2, -0.15) is 0 Å². The molecule has 21 heavy (non-hydrogen) atoms. The molecule has 1 fully saturated rings. The van der Waals surface area contributed by atoms with Gasteiger partial charge in [-0.3, -0.25) is 4.98 Å². The molecule has 1 aliphatic rings. The number of nitrogens with one attached hydrogen (secondary N) is 1. The van der Waals surface area contributed by atoms with Crippen LogP contribution >= 0.6 is 0 Å². The summed E-state index contributed by atoms with van der Waals surface area (Å²) in [5.74, 6) is 0.146. The highest BCUT2D eigenvalue weighted by Crippen LogP contribution is 2.21. The molecule has 0 spiro atoms. The molecule has 0 amide bonds. The molecule has 2 rings (SSSR count). The molecular weight excluding hydrogens is 267 g/mol. The molecule has 4 nitrogen and oxygen atoms in total. The number of halogens is 1. The maximum absolute atomic E-state index is 13.0. The molecule has 2 unspecified atom stereocenters. The molecule has 1 aromatic rings. The second kappa shape index (κ2) is 7.82. The Hall–Kier alpha value is -1.04. The van der Waals surface area contributed by atoms with E-state index in [-0.39, 0.29) is 11.9 Å². The Bertz CT molecular complexity index is 423. The summed E-state index contributed by atoms with van der Waals surface area (Å²) in [5.41, 5.74) is 0.915. The fourth-order valence-electron chi connectivity index (χ4n) is 3.09. The van der Waals surface area contributed by atoms with Crippen LogP contribution in [0.2, 0.25) is 0 Å². The minimum Gasteiger partial charge on any atom is -0.311 e. The molecule has 5 heteroatoms. The van der Waals surface area contributed by atoms with Crippen molar-refractivity contribution in [2.45, 2.75) is 19.4 Å². The number of hydrogen-bond acceptors (Lipinski definition) is 4. The average molecular weight is 294 g/mol. The Morgan fingerprint density at radius 1 is 1.29 bits per heavy atom.